The Morgan fingerprint density at radius 2 is 1.83 bits per heavy atom. The van der Waals surface area contributed by atoms with Crippen molar-refractivity contribution in [2.45, 2.75) is 46.2 Å². The number of carbonyl (C=O) groups is 1. The van der Waals surface area contributed by atoms with Gasteiger partial charge in [-0.25, -0.2) is 10.3 Å². The zero-order valence-corrected chi connectivity index (χ0v) is 22.5. The van der Waals surface area contributed by atoms with Gasteiger partial charge in [0, 0.05) is 6.42 Å². The molecule has 1 heterocycles. The standard InChI is InChI=1S/C26H29Cl3N3O3/c1-16(13-18-10-11-20(34-3)24(35-4)23(18)27)9-12-22(33)30-14-21-31-25(28)26(29)32(21)15-19-8-6-5-7-17(19)2/h5-8,10-11,16H,9,12-15H2,1-4H3. The second-order valence-electron chi connectivity index (χ2n) is 8.45. The lowest BCUT2D eigenvalue weighted by Crippen LogP contribution is -2.19. The number of ether oxygens (including phenoxy) is 2. The number of nitrogens with zero attached hydrogens (tertiary/aromatic N) is 3. The first-order valence-corrected chi connectivity index (χ1v) is 12.4. The maximum absolute atomic E-state index is 12.5. The van der Waals surface area contributed by atoms with Crippen molar-refractivity contribution in [3.8, 4) is 11.5 Å². The van der Waals surface area contributed by atoms with Gasteiger partial charge in [0.05, 0.1) is 25.8 Å². The van der Waals surface area contributed by atoms with Gasteiger partial charge in [-0.1, -0.05) is 72.1 Å². The molecule has 3 aromatic rings. The van der Waals surface area contributed by atoms with Gasteiger partial charge in [0.2, 0.25) is 5.91 Å². The summed E-state index contributed by atoms with van der Waals surface area (Å²) >= 11 is 19.0. The molecule has 9 heteroatoms. The van der Waals surface area contributed by atoms with Gasteiger partial charge >= 0.3 is 0 Å². The number of hydrogen-bond donors (Lipinski definition) is 0. The average molecular weight is 538 g/mol. The highest BCUT2D eigenvalue weighted by Gasteiger charge is 2.18. The zero-order valence-electron chi connectivity index (χ0n) is 20.3. The van der Waals surface area contributed by atoms with Crippen molar-refractivity contribution in [1.82, 2.24) is 14.9 Å². The average Bonchev–Trinajstić information content (AvgIpc) is 3.11. The molecule has 0 saturated heterocycles. The predicted molar refractivity (Wildman–Crippen MR) is 140 cm³/mol. The Hall–Kier alpha value is -2.41. The summed E-state index contributed by atoms with van der Waals surface area (Å²) < 4.78 is 12.5. The molecule has 0 aliphatic heterocycles. The van der Waals surface area contributed by atoms with E-state index < -0.39 is 0 Å². The van der Waals surface area contributed by atoms with E-state index in [9.17, 15) is 4.79 Å². The summed E-state index contributed by atoms with van der Waals surface area (Å²) in [6.45, 7) is 4.74. The third-order valence-corrected chi connectivity index (χ3v) is 7.07. The third-order valence-electron chi connectivity index (χ3n) is 5.92. The molecule has 6 nitrogen and oxygen atoms in total. The van der Waals surface area contributed by atoms with E-state index in [1.807, 2.05) is 43.3 Å². The summed E-state index contributed by atoms with van der Waals surface area (Å²) in [7, 11) is 3.13. The second kappa shape index (κ2) is 12.5. The minimum Gasteiger partial charge on any atom is -0.493 e. The summed E-state index contributed by atoms with van der Waals surface area (Å²) in [4.78, 5) is 16.8. The fourth-order valence-electron chi connectivity index (χ4n) is 3.86. The Morgan fingerprint density at radius 3 is 2.51 bits per heavy atom. The zero-order chi connectivity index (χ0) is 25.5. The van der Waals surface area contributed by atoms with Crippen molar-refractivity contribution in [3.63, 3.8) is 0 Å². The van der Waals surface area contributed by atoms with E-state index in [2.05, 4.69) is 17.2 Å². The van der Waals surface area contributed by atoms with Crippen LogP contribution in [0.25, 0.3) is 0 Å². The van der Waals surface area contributed by atoms with E-state index >= 15 is 0 Å². The molecule has 0 N–H and O–H groups in total. The molecule has 0 bridgehead atoms. The molecule has 0 spiro atoms. The number of hydrogen-bond acceptors (Lipinski definition) is 4. The van der Waals surface area contributed by atoms with E-state index in [-0.39, 0.29) is 23.5 Å². The van der Waals surface area contributed by atoms with Crippen LogP contribution in [0.5, 0.6) is 11.5 Å². The number of aromatic nitrogens is 2. The molecule has 35 heavy (non-hydrogen) atoms. The van der Waals surface area contributed by atoms with Crippen LogP contribution in [-0.2, 0) is 24.3 Å². The SMILES string of the molecule is COc1ccc(CC(C)CCC(=O)[N]Cc2nc(Cl)c(Cl)n2Cc2ccccc2C)c(Cl)c1OC. The topological polar surface area (TPSA) is 67.5 Å². The van der Waals surface area contributed by atoms with Crippen LogP contribution in [0.3, 0.4) is 0 Å². The van der Waals surface area contributed by atoms with Gasteiger partial charge in [0.25, 0.3) is 0 Å². The van der Waals surface area contributed by atoms with Crippen molar-refractivity contribution in [1.29, 1.82) is 0 Å². The molecule has 1 amide bonds. The molecule has 0 fully saturated rings. The highest BCUT2D eigenvalue weighted by molar-refractivity contribution is 6.40. The lowest BCUT2D eigenvalue weighted by Gasteiger charge is -2.16. The van der Waals surface area contributed by atoms with Gasteiger partial charge in [-0.15, -0.1) is 0 Å². The van der Waals surface area contributed by atoms with Gasteiger partial charge in [0.15, 0.2) is 16.7 Å². The monoisotopic (exact) mass is 536 g/mol. The first-order chi connectivity index (χ1) is 16.7. The summed E-state index contributed by atoms with van der Waals surface area (Å²) in [6.07, 6.45) is 1.71. The van der Waals surface area contributed by atoms with Crippen LogP contribution in [0.15, 0.2) is 36.4 Å². The minimum absolute atomic E-state index is 0.118. The molecule has 3 rings (SSSR count). The number of benzene rings is 2. The van der Waals surface area contributed by atoms with Crippen LogP contribution in [0.4, 0.5) is 0 Å². The Kier molecular flexibility index (Phi) is 9.72. The normalized spacial score (nSPS) is 11.9. The smallest absolute Gasteiger partial charge is 0.241 e. The van der Waals surface area contributed by atoms with Crippen molar-refractivity contribution >= 4 is 40.7 Å². The van der Waals surface area contributed by atoms with Crippen LogP contribution in [-0.4, -0.2) is 29.7 Å². The summed E-state index contributed by atoms with van der Waals surface area (Å²) in [5.41, 5.74) is 3.18. The van der Waals surface area contributed by atoms with Crippen LogP contribution >= 0.6 is 34.8 Å². The molecule has 1 radical (unpaired) electrons. The Morgan fingerprint density at radius 1 is 1.09 bits per heavy atom. The fourth-order valence-corrected chi connectivity index (χ4v) is 4.57. The van der Waals surface area contributed by atoms with Gasteiger partial charge < -0.3 is 14.0 Å². The molecule has 187 valence electrons. The lowest BCUT2D eigenvalue weighted by atomic mass is 9.96. The summed E-state index contributed by atoms with van der Waals surface area (Å²) in [5, 5.41) is 5.30. The maximum atomic E-state index is 12.5. The Labute approximate surface area is 221 Å². The maximum Gasteiger partial charge on any atom is 0.241 e. The van der Waals surface area contributed by atoms with E-state index in [0.717, 1.165) is 16.7 Å². The van der Waals surface area contributed by atoms with Gasteiger partial charge in [-0.2, -0.15) is 0 Å². The van der Waals surface area contributed by atoms with Crippen molar-refractivity contribution in [2.24, 2.45) is 5.92 Å². The summed E-state index contributed by atoms with van der Waals surface area (Å²) in [5.74, 6) is 1.69. The van der Waals surface area contributed by atoms with Crippen molar-refractivity contribution < 1.29 is 14.3 Å². The molecule has 1 atom stereocenters. The molecule has 0 aliphatic rings. The van der Waals surface area contributed by atoms with E-state index in [1.54, 1.807) is 18.8 Å². The number of imidazole rings is 1. The highest BCUT2D eigenvalue weighted by Crippen LogP contribution is 2.38. The molecular formula is C26H29Cl3N3O3. The fraction of sp³-hybridized carbons (Fsp3) is 0.385. The van der Waals surface area contributed by atoms with Crippen LogP contribution in [0.2, 0.25) is 15.3 Å². The Balaban J connectivity index is 1.56. The number of carbonyl (C=O) groups excluding carboxylic acids is 1. The number of methoxy groups -OCH3 is 2. The molecule has 2 aromatic carbocycles. The first-order valence-electron chi connectivity index (χ1n) is 11.3. The molecule has 1 aromatic heterocycles. The number of halogens is 3. The van der Waals surface area contributed by atoms with E-state index in [0.29, 0.717) is 53.3 Å². The van der Waals surface area contributed by atoms with Gasteiger partial charge in [-0.05, 0) is 48.4 Å². The van der Waals surface area contributed by atoms with Crippen molar-refractivity contribution in [2.75, 3.05) is 14.2 Å². The molecule has 0 saturated carbocycles. The number of aryl methyl sites for hydroxylation is 1. The van der Waals surface area contributed by atoms with Crippen LogP contribution in [0, 0.1) is 12.8 Å². The first kappa shape index (κ1) is 27.2. The number of rotatable bonds is 11. The van der Waals surface area contributed by atoms with Crippen LogP contribution < -0.4 is 14.8 Å². The third kappa shape index (κ3) is 6.84. The lowest BCUT2D eigenvalue weighted by molar-refractivity contribution is -0.121. The second-order valence-corrected chi connectivity index (χ2v) is 9.55. The van der Waals surface area contributed by atoms with Crippen molar-refractivity contribution in [3.05, 3.63) is 74.2 Å². The highest BCUT2D eigenvalue weighted by atomic mass is 35.5. The Bertz CT molecular complexity index is 1180. The predicted octanol–water partition coefficient (Wildman–Crippen LogP) is 6.51. The summed E-state index contributed by atoms with van der Waals surface area (Å²) in [6, 6.07) is 11.8. The van der Waals surface area contributed by atoms with E-state index in [4.69, 9.17) is 44.3 Å². The molecule has 0 aliphatic carbocycles. The van der Waals surface area contributed by atoms with Gasteiger partial charge in [0.1, 0.15) is 17.5 Å². The number of amides is 1. The van der Waals surface area contributed by atoms with Crippen LogP contribution in [0.1, 0.15) is 42.3 Å². The quantitative estimate of drug-likeness (QED) is 0.280. The largest absolute Gasteiger partial charge is 0.493 e. The van der Waals surface area contributed by atoms with Gasteiger partial charge in [-0.3, -0.25) is 4.79 Å². The molecular weight excluding hydrogens is 509 g/mol. The minimum atomic E-state index is -0.187. The van der Waals surface area contributed by atoms with E-state index in [1.165, 1.54) is 0 Å². The molecule has 1 unspecified atom stereocenters.